The molecule has 1 heterocycles. The first-order chi connectivity index (χ1) is 12.5. The smallest absolute Gasteiger partial charge is 0.338 e. The lowest BCUT2D eigenvalue weighted by molar-refractivity contribution is 0.0597. The molecule has 0 fully saturated rings. The molecule has 0 unspecified atom stereocenters. The maximum absolute atomic E-state index is 12.7. The number of ether oxygens (including phenoxy) is 1. The molecule has 0 bridgehead atoms. The molecule has 0 saturated heterocycles. The zero-order valence-electron chi connectivity index (χ0n) is 13.9. The molecule has 5 nitrogen and oxygen atoms in total. The van der Waals surface area contributed by atoms with E-state index in [1.54, 1.807) is 30.3 Å². The number of methoxy groups -OCH3 is 1. The minimum absolute atomic E-state index is 0.183. The molecule has 1 aromatic heterocycles. The van der Waals surface area contributed by atoms with E-state index in [1.807, 2.05) is 16.7 Å². The van der Waals surface area contributed by atoms with Crippen molar-refractivity contribution in [3.05, 3.63) is 76.1 Å². The molecule has 2 aromatic carbocycles. The van der Waals surface area contributed by atoms with Crippen molar-refractivity contribution in [3.8, 4) is 0 Å². The number of hydrogen-bond donors (Lipinski definition) is 0. The molecule has 26 heavy (non-hydrogen) atoms. The second-order valence-corrected chi connectivity index (χ2v) is 6.80. The Bertz CT molecular complexity index is 1080. The molecule has 3 rings (SSSR count). The summed E-state index contributed by atoms with van der Waals surface area (Å²) in [5, 5.41) is 0.610. The zero-order valence-corrected chi connectivity index (χ0v) is 15.5. The Morgan fingerprint density at radius 1 is 1.27 bits per heavy atom. The van der Waals surface area contributed by atoms with Crippen LogP contribution in [0.2, 0.25) is 5.02 Å². The molecule has 0 aliphatic rings. The highest BCUT2D eigenvalue weighted by atomic mass is 35.5. The van der Waals surface area contributed by atoms with Gasteiger partial charge >= 0.3 is 5.97 Å². The van der Waals surface area contributed by atoms with Crippen LogP contribution in [0.5, 0.6) is 0 Å². The van der Waals surface area contributed by atoms with Gasteiger partial charge in [0.05, 0.1) is 28.5 Å². The van der Waals surface area contributed by atoms with Crippen LogP contribution in [-0.2, 0) is 11.3 Å². The summed E-state index contributed by atoms with van der Waals surface area (Å²) in [4.78, 5) is 29.4. The average Bonchev–Trinajstić information content (AvgIpc) is 2.97. The van der Waals surface area contributed by atoms with Gasteiger partial charge in [0.2, 0.25) is 0 Å². The summed E-state index contributed by atoms with van der Waals surface area (Å²) in [5.74, 6) is -1.09. The van der Waals surface area contributed by atoms with E-state index in [0.29, 0.717) is 16.4 Å². The summed E-state index contributed by atoms with van der Waals surface area (Å²) in [7, 11) is 1.27. The van der Waals surface area contributed by atoms with Crippen LogP contribution >= 0.6 is 22.9 Å². The number of thiazole rings is 1. The zero-order chi connectivity index (χ0) is 18.7. The second-order valence-electron chi connectivity index (χ2n) is 5.35. The maximum atomic E-state index is 12.7. The van der Waals surface area contributed by atoms with Crippen molar-refractivity contribution in [1.29, 1.82) is 0 Å². The van der Waals surface area contributed by atoms with Crippen LogP contribution in [0.15, 0.2) is 60.1 Å². The van der Waals surface area contributed by atoms with Crippen molar-refractivity contribution in [3.63, 3.8) is 0 Å². The van der Waals surface area contributed by atoms with Gasteiger partial charge in [0, 0.05) is 11.6 Å². The molecule has 0 radical (unpaired) electrons. The highest BCUT2D eigenvalue weighted by Crippen LogP contribution is 2.22. The number of rotatable bonds is 4. The van der Waals surface area contributed by atoms with Gasteiger partial charge in [-0.1, -0.05) is 41.1 Å². The van der Waals surface area contributed by atoms with E-state index >= 15 is 0 Å². The number of halogens is 1. The summed E-state index contributed by atoms with van der Waals surface area (Å²) in [6, 6.07) is 11.9. The quantitative estimate of drug-likeness (QED) is 0.501. The summed E-state index contributed by atoms with van der Waals surface area (Å²) < 4.78 is 7.52. The van der Waals surface area contributed by atoms with E-state index in [4.69, 9.17) is 16.3 Å². The summed E-state index contributed by atoms with van der Waals surface area (Å²) in [6.45, 7) is 4.25. The topological polar surface area (TPSA) is 60.7 Å². The van der Waals surface area contributed by atoms with Gasteiger partial charge in [0.1, 0.15) is 0 Å². The minimum atomic E-state index is -0.578. The molecule has 132 valence electrons. The fourth-order valence-electron chi connectivity index (χ4n) is 2.54. The third-order valence-electron chi connectivity index (χ3n) is 3.72. The van der Waals surface area contributed by atoms with Crippen molar-refractivity contribution in [2.45, 2.75) is 6.54 Å². The average molecular weight is 387 g/mol. The Morgan fingerprint density at radius 2 is 2.00 bits per heavy atom. The third-order valence-corrected chi connectivity index (χ3v) is 4.99. The van der Waals surface area contributed by atoms with Crippen molar-refractivity contribution in [2.75, 3.05) is 7.11 Å². The number of carbonyl (C=O) groups is 2. The standard InChI is InChI=1S/C19H15ClN2O3S/c1-3-10-22-15-9-8-12(20)11-16(15)26-19(22)21-17(23)13-6-4-5-7-14(13)18(24)25-2/h3-9,11H,1,10H2,2H3. The molecule has 1 amide bonds. The van der Waals surface area contributed by atoms with Crippen molar-refractivity contribution >= 4 is 45.0 Å². The van der Waals surface area contributed by atoms with E-state index in [0.717, 1.165) is 10.2 Å². The maximum Gasteiger partial charge on any atom is 0.338 e. The highest BCUT2D eigenvalue weighted by molar-refractivity contribution is 7.16. The fourth-order valence-corrected chi connectivity index (χ4v) is 3.86. The summed E-state index contributed by atoms with van der Waals surface area (Å²) in [6.07, 6.45) is 1.73. The van der Waals surface area contributed by atoms with Crippen LogP contribution in [0.4, 0.5) is 0 Å². The molecular formula is C19H15ClN2O3S. The Balaban J connectivity index is 2.16. The van der Waals surface area contributed by atoms with Gasteiger partial charge in [0.15, 0.2) is 4.80 Å². The number of amides is 1. The minimum Gasteiger partial charge on any atom is -0.465 e. The fraction of sp³-hybridized carbons (Fsp3) is 0.105. The second kappa shape index (κ2) is 7.68. The summed E-state index contributed by atoms with van der Waals surface area (Å²) in [5.41, 5.74) is 1.29. The van der Waals surface area contributed by atoms with Gasteiger partial charge in [0.25, 0.3) is 5.91 Å². The molecule has 0 N–H and O–H groups in total. The van der Waals surface area contributed by atoms with E-state index in [2.05, 4.69) is 11.6 Å². The molecule has 0 spiro atoms. The van der Waals surface area contributed by atoms with E-state index in [1.165, 1.54) is 24.5 Å². The molecule has 7 heteroatoms. The van der Waals surface area contributed by atoms with Crippen LogP contribution in [0.25, 0.3) is 10.2 Å². The molecule has 3 aromatic rings. The van der Waals surface area contributed by atoms with Gasteiger partial charge in [-0.3, -0.25) is 4.79 Å². The van der Waals surface area contributed by atoms with Crippen molar-refractivity contribution in [1.82, 2.24) is 4.57 Å². The van der Waals surface area contributed by atoms with Crippen LogP contribution < -0.4 is 4.80 Å². The van der Waals surface area contributed by atoms with Crippen LogP contribution in [0.3, 0.4) is 0 Å². The first-order valence-electron chi connectivity index (χ1n) is 7.71. The van der Waals surface area contributed by atoms with E-state index < -0.39 is 11.9 Å². The van der Waals surface area contributed by atoms with Crippen molar-refractivity contribution in [2.24, 2.45) is 4.99 Å². The molecule has 0 aliphatic carbocycles. The number of esters is 1. The normalized spacial score (nSPS) is 11.5. The highest BCUT2D eigenvalue weighted by Gasteiger charge is 2.17. The predicted octanol–water partition coefficient (Wildman–Crippen LogP) is 4.07. The largest absolute Gasteiger partial charge is 0.465 e. The Kier molecular flexibility index (Phi) is 5.35. The summed E-state index contributed by atoms with van der Waals surface area (Å²) >= 11 is 7.41. The Labute approximate surface area is 158 Å². The number of nitrogens with zero attached hydrogens (tertiary/aromatic N) is 2. The number of aromatic nitrogens is 1. The van der Waals surface area contributed by atoms with Crippen LogP contribution in [0, 0.1) is 0 Å². The lowest BCUT2D eigenvalue weighted by atomic mass is 10.1. The monoisotopic (exact) mass is 386 g/mol. The van der Waals surface area contributed by atoms with E-state index in [-0.39, 0.29) is 11.1 Å². The van der Waals surface area contributed by atoms with Gasteiger partial charge in [-0.05, 0) is 30.3 Å². The Hall–Kier alpha value is -2.70. The SMILES string of the molecule is C=CCn1c(=NC(=O)c2ccccc2C(=O)OC)sc2cc(Cl)ccc21. The molecule has 0 saturated carbocycles. The molecular weight excluding hydrogens is 372 g/mol. The lowest BCUT2D eigenvalue weighted by Crippen LogP contribution is -2.17. The van der Waals surface area contributed by atoms with Crippen LogP contribution in [-0.4, -0.2) is 23.6 Å². The van der Waals surface area contributed by atoms with Gasteiger partial charge in [-0.15, -0.1) is 6.58 Å². The van der Waals surface area contributed by atoms with Crippen LogP contribution in [0.1, 0.15) is 20.7 Å². The first-order valence-corrected chi connectivity index (χ1v) is 8.90. The van der Waals surface area contributed by atoms with Gasteiger partial charge < -0.3 is 9.30 Å². The van der Waals surface area contributed by atoms with Gasteiger partial charge in [-0.25, -0.2) is 4.79 Å². The third kappa shape index (κ3) is 3.47. The number of hydrogen-bond acceptors (Lipinski definition) is 4. The van der Waals surface area contributed by atoms with Gasteiger partial charge in [-0.2, -0.15) is 4.99 Å². The van der Waals surface area contributed by atoms with Crippen molar-refractivity contribution < 1.29 is 14.3 Å². The predicted molar refractivity (Wildman–Crippen MR) is 103 cm³/mol. The number of allylic oxidation sites excluding steroid dienone is 1. The Morgan fingerprint density at radius 3 is 2.69 bits per heavy atom. The van der Waals surface area contributed by atoms with E-state index in [9.17, 15) is 9.59 Å². The number of carbonyl (C=O) groups excluding carboxylic acids is 2. The number of benzene rings is 2. The molecule has 0 aliphatic heterocycles. The number of fused-ring (bicyclic) bond motifs is 1. The lowest BCUT2D eigenvalue weighted by Gasteiger charge is -2.04. The molecule has 0 atom stereocenters. The first kappa shape index (κ1) is 18.1.